The second-order valence-corrected chi connectivity index (χ2v) is 8.76. The van der Waals surface area contributed by atoms with Crippen LogP contribution in [0.5, 0.6) is 5.75 Å². The first-order chi connectivity index (χ1) is 13.5. The first-order valence-corrected chi connectivity index (χ1v) is 11.0. The number of amides is 1. The Bertz CT molecular complexity index is 923. The van der Waals surface area contributed by atoms with Crippen LogP contribution in [0.2, 0.25) is 0 Å². The molecule has 1 atom stereocenters. The van der Waals surface area contributed by atoms with Crippen molar-refractivity contribution in [2.75, 3.05) is 20.2 Å². The van der Waals surface area contributed by atoms with Crippen LogP contribution in [0.3, 0.4) is 0 Å². The van der Waals surface area contributed by atoms with Gasteiger partial charge in [-0.15, -0.1) is 0 Å². The summed E-state index contributed by atoms with van der Waals surface area (Å²) in [4.78, 5) is 13.1. The molecule has 1 fully saturated rings. The maximum Gasteiger partial charge on any atom is 0.255 e. The molecule has 1 amide bonds. The van der Waals surface area contributed by atoms with E-state index in [1.165, 1.54) is 23.5 Å². The van der Waals surface area contributed by atoms with Gasteiger partial charge >= 0.3 is 0 Å². The van der Waals surface area contributed by atoms with E-state index in [0.29, 0.717) is 25.3 Å². The van der Waals surface area contributed by atoms with Crippen LogP contribution in [-0.4, -0.2) is 38.8 Å². The average Bonchev–Trinajstić information content (AvgIpc) is 3.27. The van der Waals surface area contributed by atoms with Gasteiger partial charge < -0.3 is 10.1 Å². The summed E-state index contributed by atoms with van der Waals surface area (Å²) in [5, 5.41) is 2.99. The lowest BCUT2D eigenvalue weighted by atomic mass is 10.0. The fraction of sp³-hybridized carbons (Fsp3) is 0.381. The fourth-order valence-electron chi connectivity index (χ4n) is 3.44. The van der Waals surface area contributed by atoms with Crippen molar-refractivity contribution in [1.82, 2.24) is 9.62 Å². The van der Waals surface area contributed by atoms with E-state index in [-0.39, 0.29) is 22.4 Å². The van der Waals surface area contributed by atoms with E-state index in [1.54, 1.807) is 6.07 Å². The third-order valence-corrected chi connectivity index (χ3v) is 6.93. The average molecular weight is 403 g/mol. The van der Waals surface area contributed by atoms with Crippen LogP contribution in [-0.2, 0) is 10.0 Å². The Labute approximate surface area is 166 Å². The van der Waals surface area contributed by atoms with Gasteiger partial charge in [0.25, 0.3) is 5.91 Å². The second kappa shape index (κ2) is 8.75. The molecule has 150 valence electrons. The summed E-state index contributed by atoms with van der Waals surface area (Å²) in [6, 6.07) is 14.0. The summed E-state index contributed by atoms with van der Waals surface area (Å²) in [5.41, 5.74) is 1.22. The molecule has 3 rings (SSSR count). The Morgan fingerprint density at radius 3 is 2.43 bits per heavy atom. The molecule has 1 aliphatic rings. The summed E-state index contributed by atoms with van der Waals surface area (Å²) in [6.45, 7) is 3.02. The van der Waals surface area contributed by atoms with Crippen molar-refractivity contribution in [2.24, 2.45) is 0 Å². The van der Waals surface area contributed by atoms with Gasteiger partial charge in [-0.1, -0.05) is 37.3 Å². The van der Waals surface area contributed by atoms with E-state index in [0.717, 1.165) is 18.4 Å². The zero-order valence-corrected chi connectivity index (χ0v) is 17.0. The van der Waals surface area contributed by atoms with Crippen LogP contribution in [0.1, 0.15) is 48.1 Å². The monoisotopic (exact) mass is 402 g/mol. The summed E-state index contributed by atoms with van der Waals surface area (Å²) < 4.78 is 32.5. The number of nitrogens with zero attached hydrogens (tertiary/aromatic N) is 1. The third-order valence-electron chi connectivity index (χ3n) is 5.03. The standard InChI is InChI=1S/C21H26N2O4S/c1-3-19(16-9-5-4-6-10-16)22-21(24)18-15-17(11-12-20(18)27-2)28(25,26)23-13-7-8-14-23/h4-6,9-12,15,19H,3,7-8,13-14H2,1-2H3,(H,22,24)/t19-/m1/s1. The summed E-state index contributed by atoms with van der Waals surface area (Å²) in [6.07, 6.45) is 2.43. The third kappa shape index (κ3) is 4.20. The van der Waals surface area contributed by atoms with E-state index in [9.17, 15) is 13.2 Å². The quantitative estimate of drug-likeness (QED) is 0.771. The van der Waals surface area contributed by atoms with Crippen molar-refractivity contribution in [3.63, 3.8) is 0 Å². The number of methoxy groups -OCH3 is 1. The van der Waals surface area contributed by atoms with Crippen molar-refractivity contribution >= 4 is 15.9 Å². The first-order valence-electron chi connectivity index (χ1n) is 9.51. The smallest absolute Gasteiger partial charge is 0.255 e. The largest absolute Gasteiger partial charge is 0.496 e. The number of sulfonamides is 1. The van der Waals surface area contributed by atoms with Gasteiger partial charge in [-0.05, 0) is 43.0 Å². The van der Waals surface area contributed by atoms with Crippen LogP contribution in [0.25, 0.3) is 0 Å². The van der Waals surface area contributed by atoms with E-state index < -0.39 is 10.0 Å². The molecule has 0 saturated carbocycles. The summed E-state index contributed by atoms with van der Waals surface area (Å²) in [5.74, 6) is -0.00758. The van der Waals surface area contributed by atoms with E-state index in [1.807, 2.05) is 37.3 Å². The number of rotatable bonds is 7. The SMILES string of the molecule is CC[C@@H](NC(=O)c1cc(S(=O)(=O)N2CCCC2)ccc1OC)c1ccccc1. The molecule has 1 heterocycles. The van der Waals surface area contributed by atoms with Crippen LogP contribution < -0.4 is 10.1 Å². The molecule has 0 radical (unpaired) electrons. The topological polar surface area (TPSA) is 75.7 Å². The Morgan fingerprint density at radius 2 is 1.82 bits per heavy atom. The Hall–Kier alpha value is -2.38. The predicted molar refractivity (Wildman–Crippen MR) is 108 cm³/mol. The van der Waals surface area contributed by atoms with Gasteiger partial charge in [0.05, 0.1) is 23.6 Å². The molecule has 28 heavy (non-hydrogen) atoms. The van der Waals surface area contributed by atoms with E-state index in [2.05, 4.69) is 5.32 Å². The van der Waals surface area contributed by atoms with Gasteiger partial charge in [0, 0.05) is 13.1 Å². The maximum atomic E-state index is 13.0. The van der Waals surface area contributed by atoms with E-state index >= 15 is 0 Å². The highest BCUT2D eigenvalue weighted by Crippen LogP contribution is 2.27. The van der Waals surface area contributed by atoms with Gasteiger partial charge in [-0.25, -0.2) is 8.42 Å². The molecule has 0 aromatic heterocycles. The minimum Gasteiger partial charge on any atom is -0.496 e. The van der Waals surface area contributed by atoms with Crippen molar-refractivity contribution in [2.45, 2.75) is 37.1 Å². The zero-order valence-electron chi connectivity index (χ0n) is 16.2. The molecule has 1 aliphatic heterocycles. The molecule has 0 bridgehead atoms. The Kier molecular flexibility index (Phi) is 6.36. The molecule has 6 nitrogen and oxygen atoms in total. The van der Waals surface area contributed by atoms with Gasteiger partial charge in [0.1, 0.15) is 5.75 Å². The number of hydrogen-bond acceptors (Lipinski definition) is 4. The van der Waals surface area contributed by atoms with Gasteiger partial charge in [-0.2, -0.15) is 4.31 Å². The first kappa shape index (κ1) is 20.4. The molecular weight excluding hydrogens is 376 g/mol. The summed E-state index contributed by atoms with van der Waals surface area (Å²) in [7, 11) is -2.14. The highest BCUT2D eigenvalue weighted by atomic mass is 32.2. The van der Waals surface area contributed by atoms with Crippen molar-refractivity contribution in [1.29, 1.82) is 0 Å². The number of nitrogens with one attached hydrogen (secondary N) is 1. The molecule has 0 aliphatic carbocycles. The van der Waals surface area contributed by atoms with Gasteiger partial charge in [0.2, 0.25) is 10.0 Å². The minimum atomic E-state index is -3.61. The molecule has 2 aromatic rings. The molecule has 7 heteroatoms. The van der Waals surface area contributed by atoms with Gasteiger partial charge in [0.15, 0.2) is 0 Å². The number of hydrogen-bond donors (Lipinski definition) is 1. The number of ether oxygens (including phenoxy) is 1. The predicted octanol–water partition coefficient (Wildman–Crippen LogP) is 3.36. The number of carbonyl (C=O) groups is 1. The Balaban J connectivity index is 1.90. The molecular formula is C21H26N2O4S. The highest BCUT2D eigenvalue weighted by Gasteiger charge is 2.29. The van der Waals surface area contributed by atoms with Gasteiger partial charge in [-0.3, -0.25) is 4.79 Å². The molecule has 1 saturated heterocycles. The molecule has 0 unspecified atom stereocenters. The van der Waals surface area contributed by atoms with Crippen molar-refractivity contribution < 1.29 is 17.9 Å². The van der Waals surface area contributed by atoms with Crippen LogP contribution in [0.15, 0.2) is 53.4 Å². The summed E-state index contributed by atoms with van der Waals surface area (Å²) >= 11 is 0. The van der Waals surface area contributed by atoms with Crippen LogP contribution in [0.4, 0.5) is 0 Å². The fourth-order valence-corrected chi connectivity index (χ4v) is 4.99. The maximum absolute atomic E-state index is 13.0. The van der Waals surface area contributed by atoms with Crippen molar-refractivity contribution in [3.8, 4) is 5.75 Å². The van der Waals surface area contributed by atoms with Crippen LogP contribution >= 0.6 is 0 Å². The Morgan fingerprint density at radius 1 is 1.14 bits per heavy atom. The number of benzene rings is 2. The van der Waals surface area contributed by atoms with Crippen LogP contribution in [0, 0.1) is 0 Å². The molecule has 1 N–H and O–H groups in total. The normalized spacial score (nSPS) is 15.9. The zero-order chi connectivity index (χ0) is 20.1. The molecule has 2 aromatic carbocycles. The van der Waals surface area contributed by atoms with Crippen molar-refractivity contribution in [3.05, 3.63) is 59.7 Å². The lowest BCUT2D eigenvalue weighted by molar-refractivity contribution is 0.0932. The lowest BCUT2D eigenvalue weighted by Crippen LogP contribution is -2.30. The number of carbonyl (C=O) groups excluding carboxylic acids is 1. The highest BCUT2D eigenvalue weighted by molar-refractivity contribution is 7.89. The lowest BCUT2D eigenvalue weighted by Gasteiger charge is -2.20. The van der Waals surface area contributed by atoms with E-state index in [4.69, 9.17) is 4.74 Å². The second-order valence-electron chi connectivity index (χ2n) is 6.82. The minimum absolute atomic E-state index is 0.119. The molecule has 0 spiro atoms.